The molecule has 0 spiro atoms. The molecule has 12 nitrogen and oxygen atoms in total. The summed E-state index contributed by atoms with van der Waals surface area (Å²) in [7, 11) is 7.01. The van der Waals surface area contributed by atoms with Crippen molar-refractivity contribution in [2.75, 3.05) is 39.8 Å². The van der Waals surface area contributed by atoms with E-state index in [-0.39, 0.29) is 18.1 Å². The zero-order chi connectivity index (χ0) is 28.7. The second-order valence-corrected chi connectivity index (χ2v) is 9.14. The van der Waals surface area contributed by atoms with Gasteiger partial charge in [0.05, 0.1) is 44.2 Å². The van der Waals surface area contributed by atoms with Crippen molar-refractivity contribution in [3.8, 4) is 17.4 Å². The van der Waals surface area contributed by atoms with Gasteiger partial charge in [-0.2, -0.15) is 4.98 Å². The lowest BCUT2D eigenvalue weighted by molar-refractivity contribution is -0.134. The van der Waals surface area contributed by atoms with Crippen molar-refractivity contribution in [3.05, 3.63) is 47.2 Å². The number of aliphatic carboxylic acids is 2. The highest BCUT2D eigenvalue weighted by atomic mass is 16.5. The summed E-state index contributed by atoms with van der Waals surface area (Å²) in [5.74, 6) is 0.00832. The van der Waals surface area contributed by atoms with E-state index in [1.807, 2.05) is 38.1 Å². The van der Waals surface area contributed by atoms with Crippen molar-refractivity contribution in [2.24, 2.45) is 4.99 Å². The molecular formula is C27H34N4O8. The molecule has 1 aliphatic carbocycles. The molecule has 1 saturated carbocycles. The van der Waals surface area contributed by atoms with Gasteiger partial charge in [0, 0.05) is 43.9 Å². The van der Waals surface area contributed by atoms with Crippen molar-refractivity contribution >= 4 is 23.6 Å². The summed E-state index contributed by atoms with van der Waals surface area (Å²) < 4.78 is 17.1. The number of hydrogen-bond acceptors (Lipinski definition) is 10. The molecule has 0 unspecified atom stereocenters. The van der Waals surface area contributed by atoms with Crippen LogP contribution in [-0.4, -0.2) is 90.0 Å². The fourth-order valence-corrected chi connectivity index (χ4v) is 4.62. The molecule has 210 valence electrons. The van der Waals surface area contributed by atoms with Gasteiger partial charge in [-0.15, -0.1) is 0 Å². The van der Waals surface area contributed by atoms with Gasteiger partial charge in [0.1, 0.15) is 0 Å². The van der Waals surface area contributed by atoms with E-state index < -0.39 is 11.9 Å². The fraction of sp³-hybridized carbons (Fsp3) is 0.444. The predicted octanol–water partition coefficient (Wildman–Crippen LogP) is 2.52. The average Bonchev–Trinajstić information content (AvgIpc) is 2.91. The molecule has 3 atom stereocenters. The summed E-state index contributed by atoms with van der Waals surface area (Å²) in [6.45, 7) is 2.49. The molecule has 2 aromatic rings. The maximum Gasteiger partial charge on any atom is 0.328 e. The number of carboxylic acids is 2. The summed E-state index contributed by atoms with van der Waals surface area (Å²) in [5.41, 5.74) is 3.58. The van der Waals surface area contributed by atoms with E-state index in [2.05, 4.69) is 9.97 Å². The Bertz CT molecular complexity index is 1240. The van der Waals surface area contributed by atoms with Crippen LogP contribution in [0.25, 0.3) is 0 Å². The van der Waals surface area contributed by atoms with Crippen molar-refractivity contribution in [3.63, 3.8) is 0 Å². The standard InChI is InChI=1S/C23H30N4O4.C4H4O4/c1-6-31-20-10-14-15-9-13(28)7-8-18(15)25-21(16(14)11-19(20)29-4)17-12-24-23(27(2)3)26-22(17)30-5;5-3(6)1-2-4(7)8/h10-13,15,18,28H,6-9H2,1-5H3;1-2H,(H,5,6)(H,7,8)/t13-,15-,18-;/m1./s1. The van der Waals surface area contributed by atoms with E-state index in [0.717, 1.165) is 35.2 Å². The summed E-state index contributed by atoms with van der Waals surface area (Å²) in [6.07, 6.45) is 4.81. The fourth-order valence-electron chi connectivity index (χ4n) is 4.62. The van der Waals surface area contributed by atoms with Gasteiger partial charge in [0.2, 0.25) is 11.8 Å². The molecule has 2 aliphatic rings. The number of aromatic nitrogens is 2. The highest BCUT2D eigenvalue weighted by Gasteiger charge is 2.38. The molecule has 0 saturated heterocycles. The van der Waals surface area contributed by atoms with E-state index in [1.165, 1.54) is 0 Å². The van der Waals surface area contributed by atoms with Gasteiger partial charge in [-0.05, 0) is 43.9 Å². The van der Waals surface area contributed by atoms with Crippen molar-refractivity contribution in [1.29, 1.82) is 0 Å². The molecule has 0 bridgehead atoms. The highest BCUT2D eigenvalue weighted by molar-refractivity contribution is 6.16. The zero-order valence-corrected chi connectivity index (χ0v) is 22.6. The Morgan fingerprint density at radius 1 is 1.05 bits per heavy atom. The van der Waals surface area contributed by atoms with Crippen LogP contribution < -0.4 is 19.1 Å². The third kappa shape index (κ3) is 7.02. The zero-order valence-electron chi connectivity index (χ0n) is 22.6. The van der Waals surface area contributed by atoms with Crippen molar-refractivity contribution < 1.29 is 39.1 Å². The van der Waals surface area contributed by atoms with Crippen LogP contribution in [-0.2, 0) is 9.59 Å². The summed E-state index contributed by atoms with van der Waals surface area (Å²) in [4.78, 5) is 35.1. The Kier molecular flexibility index (Phi) is 9.83. The number of benzene rings is 1. The van der Waals surface area contributed by atoms with Crippen LogP contribution in [0, 0.1) is 0 Å². The van der Waals surface area contributed by atoms with E-state index in [1.54, 1.807) is 20.4 Å². The number of carboxylic acid groups (broad SMARTS) is 2. The molecule has 0 radical (unpaired) electrons. The number of aliphatic hydroxyl groups is 1. The van der Waals surface area contributed by atoms with Gasteiger partial charge in [0.25, 0.3) is 0 Å². The SMILES string of the molecule is CCOc1cc2c(cc1OC)C(c1cnc(N(C)C)nc1OC)=N[C@@H]1CC[C@@H](O)C[C@H]21.O=C(O)C=CC(=O)O. The second-order valence-electron chi connectivity index (χ2n) is 9.14. The molecule has 39 heavy (non-hydrogen) atoms. The second kappa shape index (κ2) is 13.1. The summed E-state index contributed by atoms with van der Waals surface area (Å²) >= 11 is 0. The Balaban J connectivity index is 0.000000459. The van der Waals surface area contributed by atoms with Crippen LogP contribution >= 0.6 is 0 Å². The molecule has 1 aromatic heterocycles. The number of aliphatic hydroxyl groups excluding tert-OH is 1. The number of methoxy groups -OCH3 is 2. The van der Waals surface area contributed by atoms with E-state index in [4.69, 9.17) is 29.4 Å². The quantitative estimate of drug-likeness (QED) is 0.420. The molecule has 4 rings (SSSR count). The molecule has 12 heteroatoms. The van der Waals surface area contributed by atoms with E-state index >= 15 is 0 Å². The smallest absolute Gasteiger partial charge is 0.328 e. The minimum Gasteiger partial charge on any atom is -0.493 e. The molecule has 2 heterocycles. The average molecular weight is 543 g/mol. The van der Waals surface area contributed by atoms with Crippen LogP contribution in [0.5, 0.6) is 17.4 Å². The molecule has 1 fully saturated rings. The number of rotatable bonds is 8. The maximum atomic E-state index is 10.3. The van der Waals surface area contributed by atoms with Gasteiger partial charge < -0.3 is 34.4 Å². The van der Waals surface area contributed by atoms with Crippen molar-refractivity contribution in [2.45, 2.75) is 44.2 Å². The van der Waals surface area contributed by atoms with Crippen LogP contribution in [0.2, 0.25) is 0 Å². The number of nitrogens with zero attached hydrogens (tertiary/aromatic N) is 4. The number of fused-ring (bicyclic) bond motifs is 3. The minimum absolute atomic E-state index is 0.0759. The molecule has 0 amide bonds. The minimum atomic E-state index is -1.26. The maximum absolute atomic E-state index is 10.3. The lowest BCUT2D eigenvalue weighted by atomic mass is 9.74. The number of ether oxygens (including phenoxy) is 3. The normalized spacial score (nSPS) is 19.5. The van der Waals surface area contributed by atoms with E-state index in [0.29, 0.717) is 48.5 Å². The Hall–Kier alpha value is -4.19. The molecule has 3 N–H and O–H groups in total. The lowest BCUT2D eigenvalue weighted by Crippen LogP contribution is -2.34. The lowest BCUT2D eigenvalue weighted by Gasteiger charge is -2.37. The first-order valence-corrected chi connectivity index (χ1v) is 12.4. The number of anilines is 1. The van der Waals surface area contributed by atoms with Gasteiger partial charge in [0.15, 0.2) is 11.5 Å². The third-order valence-electron chi connectivity index (χ3n) is 6.33. The van der Waals surface area contributed by atoms with Crippen molar-refractivity contribution in [1.82, 2.24) is 9.97 Å². The number of hydrogen-bond donors (Lipinski definition) is 3. The first kappa shape index (κ1) is 29.4. The van der Waals surface area contributed by atoms with Gasteiger partial charge >= 0.3 is 11.9 Å². The molecule has 1 aliphatic heterocycles. The Labute approximate surface area is 226 Å². The van der Waals surface area contributed by atoms with Gasteiger partial charge in [-0.1, -0.05) is 0 Å². The largest absolute Gasteiger partial charge is 0.493 e. The van der Waals surface area contributed by atoms with Crippen LogP contribution in [0.1, 0.15) is 48.8 Å². The number of aliphatic imine (C=N–C) groups is 1. The summed E-state index contributed by atoms with van der Waals surface area (Å²) in [5, 5.41) is 26.0. The Morgan fingerprint density at radius 3 is 2.31 bits per heavy atom. The monoisotopic (exact) mass is 542 g/mol. The van der Waals surface area contributed by atoms with E-state index in [9.17, 15) is 14.7 Å². The first-order valence-electron chi connectivity index (χ1n) is 12.4. The molecule has 1 aromatic carbocycles. The first-order chi connectivity index (χ1) is 18.6. The highest BCUT2D eigenvalue weighted by Crippen LogP contribution is 2.45. The molecular weight excluding hydrogens is 508 g/mol. The van der Waals surface area contributed by atoms with Gasteiger partial charge in [-0.25, -0.2) is 14.6 Å². The summed E-state index contributed by atoms with van der Waals surface area (Å²) in [6, 6.07) is 4.09. The van der Waals surface area contributed by atoms with Gasteiger partial charge in [-0.3, -0.25) is 4.99 Å². The van der Waals surface area contributed by atoms with Crippen LogP contribution in [0.15, 0.2) is 35.5 Å². The van der Waals surface area contributed by atoms with Crippen LogP contribution in [0.3, 0.4) is 0 Å². The van der Waals surface area contributed by atoms with Crippen LogP contribution in [0.4, 0.5) is 5.95 Å². The topological polar surface area (TPSA) is 164 Å². The number of carbonyl (C=O) groups is 2. The predicted molar refractivity (Wildman–Crippen MR) is 144 cm³/mol. The third-order valence-corrected chi connectivity index (χ3v) is 6.33. The Morgan fingerprint density at radius 2 is 1.74 bits per heavy atom.